The molecule has 0 saturated carbocycles. The number of nitrogens with two attached hydrogens (primary N) is 2. The molecule has 7 heteroatoms. The Kier molecular flexibility index (Phi) is 4.25. The standard InChI is InChI=1S/C11H13N3O4/c1-6(15)18-5-9(16)14-8-4-2-3-7(12)10(8)11(13)17/h2-4H,5,12H2,1H3,(H2,13,17)(H,14,16). The summed E-state index contributed by atoms with van der Waals surface area (Å²) in [6, 6.07) is 4.52. The van der Waals surface area contributed by atoms with Gasteiger partial charge >= 0.3 is 5.97 Å². The maximum absolute atomic E-state index is 11.4. The van der Waals surface area contributed by atoms with E-state index in [9.17, 15) is 14.4 Å². The van der Waals surface area contributed by atoms with Gasteiger partial charge in [-0.1, -0.05) is 6.07 Å². The molecule has 0 aliphatic rings. The largest absolute Gasteiger partial charge is 0.456 e. The molecule has 2 amide bonds. The quantitative estimate of drug-likeness (QED) is 0.507. The number of nitrogens with one attached hydrogen (secondary N) is 1. The van der Waals surface area contributed by atoms with Crippen molar-refractivity contribution in [2.24, 2.45) is 5.73 Å². The fourth-order valence-electron chi connectivity index (χ4n) is 1.30. The highest BCUT2D eigenvalue weighted by molar-refractivity contribution is 6.07. The van der Waals surface area contributed by atoms with Crippen LogP contribution >= 0.6 is 0 Å². The minimum atomic E-state index is -0.754. The van der Waals surface area contributed by atoms with Crippen molar-refractivity contribution in [3.63, 3.8) is 0 Å². The van der Waals surface area contributed by atoms with Crippen molar-refractivity contribution >= 4 is 29.2 Å². The molecule has 0 aliphatic carbocycles. The van der Waals surface area contributed by atoms with E-state index in [0.29, 0.717) is 0 Å². The summed E-state index contributed by atoms with van der Waals surface area (Å²) in [4.78, 5) is 33.2. The maximum atomic E-state index is 11.4. The first-order valence-electron chi connectivity index (χ1n) is 5.03. The highest BCUT2D eigenvalue weighted by atomic mass is 16.5. The molecule has 0 fully saturated rings. The first-order chi connectivity index (χ1) is 8.41. The zero-order valence-corrected chi connectivity index (χ0v) is 9.73. The van der Waals surface area contributed by atoms with Crippen LogP contribution in [0.2, 0.25) is 0 Å². The Labute approximate surface area is 103 Å². The molecule has 0 saturated heterocycles. The van der Waals surface area contributed by atoms with Crippen LogP contribution in [-0.4, -0.2) is 24.4 Å². The van der Waals surface area contributed by atoms with E-state index in [4.69, 9.17) is 11.5 Å². The summed E-state index contributed by atoms with van der Waals surface area (Å²) < 4.78 is 4.51. The van der Waals surface area contributed by atoms with E-state index in [0.717, 1.165) is 0 Å². The number of rotatable bonds is 4. The average Bonchev–Trinajstić information content (AvgIpc) is 2.26. The van der Waals surface area contributed by atoms with E-state index in [2.05, 4.69) is 10.1 Å². The summed E-state index contributed by atoms with van der Waals surface area (Å²) in [5, 5.41) is 2.39. The lowest BCUT2D eigenvalue weighted by molar-refractivity contribution is -0.144. The molecule has 0 atom stereocenters. The van der Waals surface area contributed by atoms with Crippen LogP contribution in [-0.2, 0) is 14.3 Å². The lowest BCUT2D eigenvalue weighted by Crippen LogP contribution is -2.23. The predicted octanol–water partition coefficient (Wildman–Crippen LogP) is -0.131. The Morgan fingerprint density at radius 1 is 1.33 bits per heavy atom. The number of anilines is 2. The first kappa shape index (κ1) is 13.5. The maximum Gasteiger partial charge on any atom is 0.303 e. The third-order valence-electron chi connectivity index (χ3n) is 2.02. The van der Waals surface area contributed by atoms with E-state index in [1.807, 2.05) is 0 Å². The van der Waals surface area contributed by atoms with Crippen LogP contribution in [0, 0.1) is 0 Å². The smallest absolute Gasteiger partial charge is 0.303 e. The minimum Gasteiger partial charge on any atom is -0.456 e. The van der Waals surface area contributed by atoms with Gasteiger partial charge in [-0.25, -0.2) is 0 Å². The third kappa shape index (κ3) is 3.48. The van der Waals surface area contributed by atoms with Crippen LogP contribution in [0.15, 0.2) is 18.2 Å². The highest BCUT2D eigenvalue weighted by Gasteiger charge is 2.14. The Morgan fingerprint density at radius 2 is 2.00 bits per heavy atom. The fraction of sp³-hybridized carbons (Fsp3) is 0.182. The number of primary amides is 1. The van der Waals surface area contributed by atoms with Gasteiger partial charge < -0.3 is 21.5 Å². The van der Waals surface area contributed by atoms with Crippen LogP contribution in [0.5, 0.6) is 0 Å². The number of ether oxygens (including phenoxy) is 1. The van der Waals surface area contributed by atoms with Crippen LogP contribution in [0.25, 0.3) is 0 Å². The van der Waals surface area contributed by atoms with E-state index >= 15 is 0 Å². The molecule has 96 valence electrons. The molecule has 0 radical (unpaired) electrons. The summed E-state index contributed by atoms with van der Waals surface area (Å²) >= 11 is 0. The van der Waals surface area contributed by atoms with Crippen LogP contribution < -0.4 is 16.8 Å². The van der Waals surface area contributed by atoms with Crippen molar-refractivity contribution in [2.45, 2.75) is 6.92 Å². The fourth-order valence-corrected chi connectivity index (χ4v) is 1.30. The normalized spacial score (nSPS) is 9.61. The number of carbonyl (C=O) groups is 3. The molecule has 5 N–H and O–H groups in total. The van der Waals surface area contributed by atoms with Gasteiger partial charge in [0.1, 0.15) is 0 Å². The molecule has 0 aromatic heterocycles. The second kappa shape index (κ2) is 5.67. The molecule has 0 spiro atoms. The molecule has 0 bridgehead atoms. The molecular weight excluding hydrogens is 238 g/mol. The van der Waals surface area contributed by atoms with E-state index in [1.54, 1.807) is 6.07 Å². The Hall–Kier alpha value is -2.57. The summed E-state index contributed by atoms with van der Waals surface area (Å²) in [5.41, 5.74) is 11.1. The Bertz CT molecular complexity index is 499. The number of nitrogen functional groups attached to an aromatic ring is 1. The van der Waals surface area contributed by atoms with Crippen LogP contribution in [0.3, 0.4) is 0 Å². The van der Waals surface area contributed by atoms with Gasteiger partial charge in [-0.05, 0) is 12.1 Å². The van der Waals surface area contributed by atoms with E-state index in [1.165, 1.54) is 19.1 Å². The predicted molar refractivity (Wildman–Crippen MR) is 64.6 cm³/mol. The summed E-state index contributed by atoms with van der Waals surface area (Å²) in [6.45, 7) is 0.741. The zero-order chi connectivity index (χ0) is 13.7. The highest BCUT2D eigenvalue weighted by Crippen LogP contribution is 2.21. The monoisotopic (exact) mass is 251 g/mol. The van der Waals surface area contributed by atoms with Gasteiger partial charge in [0.15, 0.2) is 6.61 Å². The van der Waals surface area contributed by atoms with Gasteiger partial charge in [-0.2, -0.15) is 0 Å². The second-order valence-corrected chi connectivity index (χ2v) is 3.46. The molecule has 0 heterocycles. The van der Waals surface area contributed by atoms with E-state index < -0.39 is 24.4 Å². The molecule has 7 nitrogen and oxygen atoms in total. The molecule has 1 rings (SSSR count). The number of carbonyl (C=O) groups excluding carboxylic acids is 3. The third-order valence-corrected chi connectivity index (χ3v) is 2.02. The number of amides is 2. The van der Waals surface area contributed by atoms with Gasteiger partial charge in [-0.15, -0.1) is 0 Å². The number of hydrogen-bond donors (Lipinski definition) is 3. The summed E-state index contributed by atoms with van der Waals surface area (Å²) in [5.74, 6) is -1.91. The van der Waals surface area contributed by atoms with Crippen molar-refractivity contribution in [1.29, 1.82) is 0 Å². The van der Waals surface area contributed by atoms with Gasteiger partial charge in [0.25, 0.3) is 11.8 Å². The molecule has 0 aliphatic heterocycles. The van der Waals surface area contributed by atoms with Crippen molar-refractivity contribution < 1.29 is 19.1 Å². The average molecular weight is 251 g/mol. The number of esters is 1. The van der Waals surface area contributed by atoms with Crippen molar-refractivity contribution in [3.8, 4) is 0 Å². The van der Waals surface area contributed by atoms with Crippen LogP contribution in [0.4, 0.5) is 11.4 Å². The molecular formula is C11H13N3O4. The lowest BCUT2D eigenvalue weighted by atomic mass is 10.1. The second-order valence-electron chi connectivity index (χ2n) is 3.46. The summed E-state index contributed by atoms with van der Waals surface area (Å²) in [6.07, 6.45) is 0. The first-order valence-corrected chi connectivity index (χ1v) is 5.03. The van der Waals surface area contributed by atoms with Gasteiger partial charge in [-0.3, -0.25) is 14.4 Å². The lowest BCUT2D eigenvalue weighted by Gasteiger charge is -2.10. The van der Waals surface area contributed by atoms with Crippen LogP contribution in [0.1, 0.15) is 17.3 Å². The Morgan fingerprint density at radius 3 is 2.56 bits per heavy atom. The zero-order valence-electron chi connectivity index (χ0n) is 9.73. The molecule has 1 aromatic rings. The summed E-state index contributed by atoms with van der Waals surface area (Å²) in [7, 11) is 0. The number of hydrogen-bond acceptors (Lipinski definition) is 5. The topological polar surface area (TPSA) is 125 Å². The van der Waals surface area contributed by atoms with Crippen molar-refractivity contribution in [1.82, 2.24) is 0 Å². The van der Waals surface area contributed by atoms with Crippen molar-refractivity contribution in [3.05, 3.63) is 23.8 Å². The molecule has 0 unspecified atom stereocenters. The minimum absolute atomic E-state index is 0.0219. The molecule has 18 heavy (non-hydrogen) atoms. The SMILES string of the molecule is CC(=O)OCC(=O)Nc1cccc(N)c1C(N)=O. The van der Waals surface area contributed by atoms with Gasteiger partial charge in [0, 0.05) is 12.6 Å². The van der Waals surface area contributed by atoms with E-state index in [-0.39, 0.29) is 16.9 Å². The van der Waals surface area contributed by atoms with Crippen molar-refractivity contribution in [2.75, 3.05) is 17.7 Å². The number of benzene rings is 1. The molecule has 1 aromatic carbocycles. The Balaban J connectivity index is 2.84. The van der Waals surface area contributed by atoms with Gasteiger partial charge in [0.2, 0.25) is 0 Å². The van der Waals surface area contributed by atoms with Gasteiger partial charge in [0.05, 0.1) is 11.3 Å².